The lowest BCUT2D eigenvalue weighted by molar-refractivity contribution is 0.273. The van der Waals surface area contributed by atoms with E-state index >= 15 is 0 Å². The summed E-state index contributed by atoms with van der Waals surface area (Å²) < 4.78 is 10.8. The number of methoxy groups -OCH3 is 2. The minimum Gasteiger partial charge on any atom is -0.497 e. The zero-order chi connectivity index (χ0) is 21.3. The standard InChI is InChI=1S/C23H39N5O2/c1-5-24-23(25-15-20-8-7-10-28(20)6-2)26-19-9-11-27(17-19)16-18-12-21(29-3)14-22(13-18)30-4/h12-14,19-20H,5-11,15-17H2,1-4H3,(H2,24,25,26). The number of benzene rings is 1. The van der Waals surface area contributed by atoms with Gasteiger partial charge in [-0.3, -0.25) is 14.8 Å². The van der Waals surface area contributed by atoms with Crippen molar-refractivity contribution in [1.29, 1.82) is 0 Å². The summed E-state index contributed by atoms with van der Waals surface area (Å²) >= 11 is 0. The number of likely N-dealkylation sites (N-methyl/N-ethyl adjacent to an activating group) is 1. The van der Waals surface area contributed by atoms with E-state index in [2.05, 4.69) is 46.4 Å². The Hall–Kier alpha value is -1.99. The van der Waals surface area contributed by atoms with Crippen molar-refractivity contribution in [2.45, 2.75) is 51.7 Å². The van der Waals surface area contributed by atoms with Crippen LogP contribution < -0.4 is 20.1 Å². The number of aliphatic imine (C=N–C) groups is 1. The van der Waals surface area contributed by atoms with Crippen molar-refractivity contribution < 1.29 is 9.47 Å². The second kappa shape index (κ2) is 11.4. The van der Waals surface area contributed by atoms with Crippen molar-refractivity contribution in [3.63, 3.8) is 0 Å². The Balaban J connectivity index is 1.54. The lowest BCUT2D eigenvalue weighted by Gasteiger charge is -2.22. The van der Waals surface area contributed by atoms with Crippen LogP contribution >= 0.6 is 0 Å². The number of rotatable bonds is 9. The number of guanidine groups is 1. The molecule has 2 fully saturated rings. The molecule has 0 spiro atoms. The highest BCUT2D eigenvalue weighted by Crippen LogP contribution is 2.24. The van der Waals surface area contributed by atoms with E-state index in [1.807, 2.05) is 6.07 Å². The number of nitrogens with zero attached hydrogens (tertiary/aromatic N) is 3. The molecule has 0 bridgehead atoms. The Labute approximate surface area is 181 Å². The molecule has 2 atom stereocenters. The molecule has 2 aliphatic heterocycles. The predicted octanol–water partition coefficient (Wildman–Crippen LogP) is 2.32. The van der Waals surface area contributed by atoms with Gasteiger partial charge >= 0.3 is 0 Å². The molecule has 1 aromatic carbocycles. The van der Waals surface area contributed by atoms with E-state index in [1.165, 1.54) is 24.9 Å². The molecule has 2 saturated heterocycles. The van der Waals surface area contributed by atoms with Gasteiger partial charge in [0.1, 0.15) is 11.5 Å². The van der Waals surface area contributed by atoms with Gasteiger partial charge < -0.3 is 20.1 Å². The molecule has 2 unspecified atom stereocenters. The highest BCUT2D eigenvalue weighted by atomic mass is 16.5. The molecule has 1 aromatic rings. The Morgan fingerprint density at radius 2 is 1.87 bits per heavy atom. The number of nitrogens with one attached hydrogen (secondary N) is 2. The van der Waals surface area contributed by atoms with E-state index < -0.39 is 0 Å². The summed E-state index contributed by atoms with van der Waals surface area (Å²) in [5, 5.41) is 7.09. The van der Waals surface area contributed by atoms with E-state index in [4.69, 9.17) is 14.5 Å². The molecule has 0 aromatic heterocycles. The third-order valence-electron chi connectivity index (χ3n) is 6.14. The van der Waals surface area contributed by atoms with E-state index in [9.17, 15) is 0 Å². The zero-order valence-corrected chi connectivity index (χ0v) is 19.1. The van der Waals surface area contributed by atoms with Crippen LogP contribution in [0.25, 0.3) is 0 Å². The number of hydrogen-bond donors (Lipinski definition) is 2. The molecule has 7 heteroatoms. The van der Waals surface area contributed by atoms with Gasteiger partial charge in [0.2, 0.25) is 0 Å². The van der Waals surface area contributed by atoms with Gasteiger partial charge in [0.05, 0.1) is 20.8 Å². The van der Waals surface area contributed by atoms with Crippen LogP contribution in [0.1, 0.15) is 38.7 Å². The summed E-state index contributed by atoms with van der Waals surface area (Å²) in [4.78, 5) is 9.94. The van der Waals surface area contributed by atoms with Gasteiger partial charge in [0.15, 0.2) is 5.96 Å². The van der Waals surface area contributed by atoms with Gasteiger partial charge in [-0.15, -0.1) is 0 Å². The van der Waals surface area contributed by atoms with Crippen molar-refractivity contribution in [3.8, 4) is 11.5 Å². The third-order valence-corrected chi connectivity index (χ3v) is 6.14. The average molecular weight is 418 g/mol. The highest BCUT2D eigenvalue weighted by Gasteiger charge is 2.25. The van der Waals surface area contributed by atoms with Gasteiger partial charge in [-0.1, -0.05) is 6.92 Å². The molecule has 2 aliphatic rings. The minimum absolute atomic E-state index is 0.418. The average Bonchev–Trinajstić information content (AvgIpc) is 3.40. The fourth-order valence-corrected chi connectivity index (χ4v) is 4.54. The highest BCUT2D eigenvalue weighted by molar-refractivity contribution is 5.80. The lowest BCUT2D eigenvalue weighted by atomic mass is 10.2. The molecule has 3 rings (SSSR count). The van der Waals surface area contributed by atoms with Crippen LogP contribution in [0.3, 0.4) is 0 Å². The molecule has 2 N–H and O–H groups in total. The first-order valence-electron chi connectivity index (χ1n) is 11.4. The first-order chi connectivity index (χ1) is 14.6. The van der Waals surface area contributed by atoms with Crippen molar-refractivity contribution in [1.82, 2.24) is 20.4 Å². The molecule has 0 aliphatic carbocycles. The SMILES string of the molecule is CCNC(=NCC1CCCN1CC)NC1CCN(Cc2cc(OC)cc(OC)c2)C1. The summed E-state index contributed by atoms with van der Waals surface area (Å²) in [5.41, 5.74) is 1.22. The lowest BCUT2D eigenvalue weighted by Crippen LogP contribution is -2.45. The summed E-state index contributed by atoms with van der Waals surface area (Å²) in [6.45, 7) is 11.4. The summed E-state index contributed by atoms with van der Waals surface area (Å²) in [6.07, 6.45) is 3.68. The first-order valence-corrected chi connectivity index (χ1v) is 11.4. The largest absolute Gasteiger partial charge is 0.497 e. The molecule has 168 valence electrons. The zero-order valence-electron chi connectivity index (χ0n) is 19.1. The molecule has 30 heavy (non-hydrogen) atoms. The topological polar surface area (TPSA) is 61.4 Å². The van der Waals surface area contributed by atoms with Crippen LogP contribution in [0.5, 0.6) is 11.5 Å². The van der Waals surface area contributed by atoms with Crippen molar-refractivity contribution >= 4 is 5.96 Å². The molecule has 2 heterocycles. The van der Waals surface area contributed by atoms with E-state index in [-0.39, 0.29) is 0 Å². The minimum atomic E-state index is 0.418. The van der Waals surface area contributed by atoms with Crippen LogP contribution in [0.4, 0.5) is 0 Å². The second-order valence-electron chi connectivity index (χ2n) is 8.23. The maximum atomic E-state index is 5.41. The summed E-state index contributed by atoms with van der Waals surface area (Å²) in [5.74, 6) is 2.64. The number of likely N-dealkylation sites (tertiary alicyclic amines) is 2. The van der Waals surface area contributed by atoms with Gasteiger partial charge in [0.25, 0.3) is 0 Å². The van der Waals surface area contributed by atoms with E-state index in [1.54, 1.807) is 14.2 Å². The quantitative estimate of drug-likeness (QED) is 0.475. The monoisotopic (exact) mass is 417 g/mol. The summed E-state index contributed by atoms with van der Waals surface area (Å²) in [6, 6.07) is 7.11. The number of hydrogen-bond acceptors (Lipinski definition) is 5. The van der Waals surface area contributed by atoms with Crippen LogP contribution in [0.15, 0.2) is 23.2 Å². The predicted molar refractivity (Wildman–Crippen MR) is 123 cm³/mol. The smallest absolute Gasteiger partial charge is 0.191 e. The van der Waals surface area contributed by atoms with Gasteiger partial charge in [-0.05, 0) is 57.0 Å². The normalized spacial score (nSPS) is 23.0. The number of ether oxygens (including phenoxy) is 2. The maximum absolute atomic E-state index is 5.41. The second-order valence-corrected chi connectivity index (χ2v) is 8.23. The fraction of sp³-hybridized carbons (Fsp3) is 0.696. The van der Waals surface area contributed by atoms with Crippen molar-refractivity contribution in [3.05, 3.63) is 23.8 Å². The molecule has 0 saturated carbocycles. The molecule has 0 radical (unpaired) electrons. The van der Waals surface area contributed by atoms with Crippen LogP contribution in [0, 0.1) is 0 Å². The molecular formula is C23H39N5O2. The third kappa shape index (κ3) is 6.25. The van der Waals surface area contributed by atoms with Crippen LogP contribution in [0.2, 0.25) is 0 Å². The Kier molecular flexibility index (Phi) is 8.63. The van der Waals surface area contributed by atoms with Crippen LogP contribution in [-0.4, -0.2) is 81.3 Å². The first kappa shape index (κ1) is 22.7. The molecule has 0 amide bonds. The van der Waals surface area contributed by atoms with E-state index in [0.29, 0.717) is 12.1 Å². The van der Waals surface area contributed by atoms with Crippen molar-refractivity contribution in [2.24, 2.45) is 4.99 Å². The van der Waals surface area contributed by atoms with Gasteiger partial charge in [0, 0.05) is 44.3 Å². The van der Waals surface area contributed by atoms with Crippen LogP contribution in [-0.2, 0) is 6.54 Å². The molecular weight excluding hydrogens is 378 g/mol. The van der Waals surface area contributed by atoms with E-state index in [0.717, 1.165) is 63.1 Å². The van der Waals surface area contributed by atoms with Gasteiger partial charge in [-0.25, -0.2) is 0 Å². The van der Waals surface area contributed by atoms with Gasteiger partial charge in [-0.2, -0.15) is 0 Å². The summed E-state index contributed by atoms with van der Waals surface area (Å²) in [7, 11) is 3.39. The Bertz CT molecular complexity index is 674. The Morgan fingerprint density at radius 1 is 1.10 bits per heavy atom. The fourth-order valence-electron chi connectivity index (χ4n) is 4.54. The van der Waals surface area contributed by atoms with Crippen molar-refractivity contribution in [2.75, 3.05) is 53.5 Å². The maximum Gasteiger partial charge on any atom is 0.191 e. The Morgan fingerprint density at radius 3 is 2.53 bits per heavy atom. The molecule has 7 nitrogen and oxygen atoms in total.